The molecule has 1 aliphatic heterocycles. The lowest BCUT2D eigenvalue weighted by molar-refractivity contribution is -0.126. The van der Waals surface area contributed by atoms with Gasteiger partial charge >= 0.3 is 0 Å². The summed E-state index contributed by atoms with van der Waals surface area (Å²) in [7, 11) is 0. The van der Waals surface area contributed by atoms with Gasteiger partial charge in [0.05, 0.1) is 6.54 Å². The Bertz CT molecular complexity index is 367. The minimum atomic E-state index is 0. The molecule has 0 radical (unpaired) electrons. The molecule has 6 nitrogen and oxygen atoms in total. The molecular formula is C10H18Cl2N4O2. The Morgan fingerprint density at radius 1 is 1.44 bits per heavy atom. The molecule has 2 rings (SSSR count). The van der Waals surface area contributed by atoms with Crippen molar-refractivity contribution < 1.29 is 9.32 Å². The molecule has 1 aliphatic rings. The second-order valence-electron chi connectivity index (χ2n) is 3.98. The number of carbonyl (C=O) groups excluding carboxylic acids is 1. The van der Waals surface area contributed by atoms with Crippen molar-refractivity contribution in [2.75, 3.05) is 13.1 Å². The van der Waals surface area contributed by atoms with Crippen LogP contribution in [0.4, 0.5) is 0 Å². The largest absolute Gasteiger partial charge is 0.347 e. The first-order chi connectivity index (χ1) is 7.75. The predicted molar refractivity (Wildman–Crippen MR) is 71.0 cm³/mol. The molecule has 0 aromatic carbocycles. The van der Waals surface area contributed by atoms with Crippen LogP contribution in [0.3, 0.4) is 0 Å². The number of nitrogens with zero attached hydrogens (tertiary/aromatic N) is 2. The number of carbonyl (C=O) groups is 1. The molecule has 1 fully saturated rings. The number of hydrogen-bond donors (Lipinski definition) is 2. The second-order valence-corrected chi connectivity index (χ2v) is 3.98. The predicted octanol–water partition coefficient (Wildman–Crippen LogP) is 0.837. The Morgan fingerprint density at radius 2 is 2.11 bits per heavy atom. The lowest BCUT2D eigenvalue weighted by Gasteiger charge is -2.21. The number of halogens is 2. The summed E-state index contributed by atoms with van der Waals surface area (Å²) in [5.74, 6) is 1.24. The molecule has 2 heterocycles. The van der Waals surface area contributed by atoms with E-state index >= 15 is 0 Å². The summed E-state index contributed by atoms with van der Waals surface area (Å²) in [4.78, 5) is 15.8. The van der Waals surface area contributed by atoms with E-state index < -0.39 is 0 Å². The van der Waals surface area contributed by atoms with Crippen molar-refractivity contribution in [1.29, 1.82) is 0 Å². The fourth-order valence-corrected chi connectivity index (χ4v) is 1.80. The van der Waals surface area contributed by atoms with Crippen LogP contribution in [-0.2, 0) is 11.3 Å². The standard InChI is InChI=1S/C10H16N4O2.2ClH/c1-7-13-9(16-14-7)6-12-10(15)8-2-4-11-5-3-8;;/h8,11H,2-6H2,1H3,(H,12,15);2*1H. The zero-order chi connectivity index (χ0) is 11.4. The Labute approximate surface area is 118 Å². The summed E-state index contributed by atoms with van der Waals surface area (Å²) in [6, 6.07) is 0. The molecule has 0 aliphatic carbocycles. The van der Waals surface area contributed by atoms with Gasteiger partial charge in [-0.25, -0.2) is 0 Å². The van der Waals surface area contributed by atoms with Crippen LogP contribution in [0, 0.1) is 12.8 Å². The van der Waals surface area contributed by atoms with Gasteiger partial charge in [0.25, 0.3) is 0 Å². The van der Waals surface area contributed by atoms with Crippen LogP contribution in [0.5, 0.6) is 0 Å². The first-order valence-corrected chi connectivity index (χ1v) is 5.53. The van der Waals surface area contributed by atoms with Crippen LogP contribution in [0.15, 0.2) is 4.52 Å². The highest BCUT2D eigenvalue weighted by atomic mass is 35.5. The molecule has 8 heteroatoms. The van der Waals surface area contributed by atoms with E-state index in [-0.39, 0.29) is 36.6 Å². The number of rotatable bonds is 3. The average molecular weight is 297 g/mol. The zero-order valence-electron chi connectivity index (χ0n) is 10.1. The van der Waals surface area contributed by atoms with Gasteiger partial charge in [-0.15, -0.1) is 24.8 Å². The molecule has 1 aromatic heterocycles. The molecule has 2 N–H and O–H groups in total. The molecule has 1 amide bonds. The minimum absolute atomic E-state index is 0. The molecular weight excluding hydrogens is 279 g/mol. The number of amides is 1. The SMILES string of the molecule is Cc1noc(CNC(=O)C2CCNCC2)n1.Cl.Cl. The number of aromatic nitrogens is 2. The number of nitrogens with one attached hydrogen (secondary N) is 2. The maximum Gasteiger partial charge on any atom is 0.246 e. The van der Waals surface area contributed by atoms with Crippen LogP contribution in [-0.4, -0.2) is 29.1 Å². The number of hydrogen-bond acceptors (Lipinski definition) is 5. The van der Waals surface area contributed by atoms with E-state index in [4.69, 9.17) is 4.52 Å². The maximum atomic E-state index is 11.7. The molecule has 0 bridgehead atoms. The Kier molecular flexibility index (Phi) is 7.90. The Balaban J connectivity index is 0.00000144. The topological polar surface area (TPSA) is 80.0 Å². The minimum Gasteiger partial charge on any atom is -0.347 e. The zero-order valence-corrected chi connectivity index (χ0v) is 11.8. The molecule has 1 aromatic rings. The summed E-state index contributed by atoms with van der Waals surface area (Å²) in [6.45, 7) is 3.90. The highest BCUT2D eigenvalue weighted by Gasteiger charge is 2.20. The molecule has 104 valence electrons. The van der Waals surface area contributed by atoms with Gasteiger partial charge in [0.15, 0.2) is 5.82 Å². The van der Waals surface area contributed by atoms with Gasteiger partial charge in [-0.05, 0) is 32.9 Å². The fraction of sp³-hybridized carbons (Fsp3) is 0.700. The molecule has 0 atom stereocenters. The van der Waals surface area contributed by atoms with Crippen molar-refractivity contribution in [3.63, 3.8) is 0 Å². The van der Waals surface area contributed by atoms with Crippen LogP contribution >= 0.6 is 24.8 Å². The third-order valence-electron chi connectivity index (χ3n) is 2.69. The summed E-state index contributed by atoms with van der Waals surface area (Å²) < 4.78 is 4.91. The maximum absolute atomic E-state index is 11.7. The van der Waals surface area contributed by atoms with Gasteiger partial charge in [-0.2, -0.15) is 4.98 Å². The monoisotopic (exact) mass is 296 g/mol. The average Bonchev–Trinajstić information content (AvgIpc) is 2.73. The van der Waals surface area contributed by atoms with Crippen molar-refractivity contribution in [1.82, 2.24) is 20.8 Å². The van der Waals surface area contributed by atoms with Gasteiger partial charge in [-0.3, -0.25) is 4.79 Å². The summed E-state index contributed by atoms with van der Waals surface area (Å²) in [5.41, 5.74) is 0. The fourth-order valence-electron chi connectivity index (χ4n) is 1.80. The van der Waals surface area contributed by atoms with E-state index in [2.05, 4.69) is 20.8 Å². The van der Waals surface area contributed by atoms with Crippen molar-refractivity contribution in [3.8, 4) is 0 Å². The first kappa shape index (κ1) is 17.2. The van der Waals surface area contributed by atoms with Gasteiger partial charge in [-0.1, -0.05) is 5.16 Å². The molecule has 0 spiro atoms. The first-order valence-electron chi connectivity index (χ1n) is 5.53. The van der Waals surface area contributed by atoms with E-state index in [0.29, 0.717) is 18.3 Å². The van der Waals surface area contributed by atoms with Crippen molar-refractivity contribution in [2.24, 2.45) is 5.92 Å². The van der Waals surface area contributed by atoms with Gasteiger partial charge in [0.1, 0.15) is 0 Å². The summed E-state index contributed by atoms with van der Waals surface area (Å²) in [6.07, 6.45) is 1.80. The molecule has 18 heavy (non-hydrogen) atoms. The Morgan fingerprint density at radius 3 is 2.67 bits per heavy atom. The third kappa shape index (κ3) is 4.80. The quantitative estimate of drug-likeness (QED) is 0.864. The number of piperidine rings is 1. The van der Waals surface area contributed by atoms with Crippen LogP contribution in [0.1, 0.15) is 24.6 Å². The van der Waals surface area contributed by atoms with Gasteiger partial charge in [0, 0.05) is 5.92 Å². The second kappa shape index (κ2) is 8.29. The smallest absolute Gasteiger partial charge is 0.246 e. The normalized spacial score (nSPS) is 15.4. The van der Waals surface area contributed by atoms with Crippen LogP contribution < -0.4 is 10.6 Å². The van der Waals surface area contributed by atoms with E-state index in [1.54, 1.807) is 6.92 Å². The van der Waals surface area contributed by atoms with Crippen LogP contribution in [0.25, 0.3) is 0 Å². The molecule has 0 saturated carbocycles. The lowest BCUT2D eigenvalue weighted by atomic mass is 9.97. The molecule has 0 unspecified atom stereocenters. The highest BCUT2D eigenvalue weighted by Crippen LogP contribution is 2.11. The summed E-state index contributed by atoms with van der Waals surface area (Å²) in [5, 5.41) is 9.70. The van der Waals surface area contributed by atoms with E-state index in [0.717, 1.165) is 25.9 Å². The van der Waals surface area contributed by atoms with Gasteiger partial charge in [0.2, 0.25) is 11.8 Å². The lowest BCUT2D eigenvalue weighted by Crippen LogP contribution is -2.37. The number of aryl methyl sites for hydroxylation is 1. The van der Waals surface area contributed by atoms with Crippen LogP contribution in [0.2, 0.25) is 0 Å². The third-order valence-corrected chi connectivity index (χ3v) is 2.69. The van der Waals surface area contributed by atoms with Gasteiger partial charge < -0.3 is 15.2 Å². The van der Waals surface area contributed by atoms with Crippen molar-refractivity contribution in [3.05, 3.63) is 11.7 Å². The van der Waals surface area contributed by atoms with Crippen molar-refractivity contribution in [2.45, 2.75) is 26.3 Å². The molecule has 1 saturated heterocycles. The van der Waals surface area contributed by atoms with E-state index in [9.17, 15) is 4.79 Å². The highest BCUT2D eigenvalue weighted by molar-refractivity contribution is 5.85. The van der Waals surface area contributed by atoms with E-state index in [1.807, 2.05) is 0 Å². The summed E-state index contributed by atoms with van der Waals surface area (Å²) >= 11 is 0. The van der Waals surface area contributed by atoms with E-state index in [1.165, 1.54) is 0 Å². The van der Waals surface area contributed by atoms with Crippen molar-refractivity contribution >= 4 is 30.7 Å². The Hall–Kier alpha value is -0.850.